The third-order valence-electron chi connectivity index (χ3n) is 4.45. The number of hydrogen-bond acceptors (Lipinski definition) is 5. The lowest BCUT2D eigenvalue weighted by atomic mass is 10.1. The molecule has 1 aliphatic rings. The molecule has 6 nitrogen and oxygen atoms in total. The zero-order valence-corrected chi connectivity index (χ0v) is 14.9. The van der Waals surface area contributed by atoms with Crippen molar-refractivity contribution in [3.8, 4) is 5.75 Å². The van der Waals surface area contributed by atoms with E-state index in [4.69, 9.17) is 0 Å². The summed E-state index contributed by atoms with van der Waals surface area (Å²) in [5.74, 6) is -0.817. The van der Waals surface area contributed by atoms with Gasteiger partial charge in [-0.25, -0.2) is 4.98 Å². The SMILES string of the molecule is Cc1nc2cc(N3CC(C(=O)Nc4ccccc4O)CC3=O)ccc2s1. The van der Waals surface area contributed by atoms with Gasteiger partial charge < -0.3 is 15.3 Å². The Kier molecular flexibility index (Phi) is 4.08. The van der Waals surface area contributed by atoms with Gasteiger partial charge in [-0.05, 0) is 37.3 Å². The summed E-state index contributed by atoms with van der Waals surface area (Å²) < 4.78 is 1.08. The average Bonchev–Trinajstić information content (AvgIpc) is 3.18. The van der Waals surface area contributed by atoms with Gasteiger partial charge in [0.25, 0.3) is 0 Å². The number of rotatable bonds is 3. The van der Waals surface area contributed by atoms with Gasteiger partial charge in [-0.1, -0.05) is 12.1 Å². The predicted molar refractivity (Wildman–Crippen MR) is 102 cm³/mol. The van der Waals surface area contributed by atoms with Crippen LogP contribution in [-0.4, -0.2) is 28.4 Å². The van der Waals surface area contributed by atoms with E-state index >= 15 is 0 Å². The quantitative estimate of drug-likeness (QED) is 0.696. The summed E-state index contributed by atoms with van der Waals surface area (Å²) in [7, 11) is 0. The zero-order chi connectivity index (χ0) is 18.3. The van der Waals surface area contributed by atoms with Crippen LogP contribution in [0.25, 0.3) is 10.2 Å². The van der Waals surface area contributed by atoms with Crippen LogP contribution in [0.3, 0.4) is 0 Å². The summed E-state index contributed by atoms with van der Waals surface area (Å²) in [5, 5.41) is 13.5. The number of carbonyl (C=O) groups is 2. The molecule has 2 amide bonds. The molecule has 1 aliphatic heterocycles. The van der Waals surface area contributed by atoms with Crippen molar-refractivity contribution in [2.24, 2.45) is 5.92 Å². The van der Waals surface area contributed by atoms with Gasteiger partial charge >= 0.3 is 0 Å². The van der Waals surface area contributed by atoms with E-state index in [1.165, 1.54) is 6.07 Å². The van der Waals surface area contributed by atoms with Crippen molar-refractivity contribution in [3.05, 3.63) is 47.5 Å². The predicted octanol–water partition coefficient (Wildman–Crippen LogP) is 3.30. The molecule has 1 atom stereocenters. The minimum Gasteiger partial charge on any atom is -0.506 e. The molecule has 3 aromatic rings. The first kappa shape index (κ1) is 16.5. The molecule has 2 heterocycles. The third kappa shape index (κ3) is 3.01. The van der Waals surface area contributed by atoms with Crippen molar-refractivity contribution >= 4 is 44.7 Å². The van der Waals surface area contributed by atoms with Crippen molar-refractivity contribution in [3.63, 3.8) is 0 Å². The number of para-hydroxylation sites is 2. The van der Waals surface area contributed by atoms with Crippen LogP contribution in [0.2, 0.25) is 0 Å². The van der Waals surface area contributed by atoms with Crippen molar-refractivity contribution in [2.45, 2.75) is 13.3 Å². The highest BCUT2D eigenvalue weighted by molar-refractivity contribution is 7.18. The molecule has 0 radical (unpaired) electrons. The monoisotopic (exact) mass is 367 g/mol. The molecule has 132 valence electrons. The molecule has 2 aromatic carbocycles. The highest BCUT2D eigenvalue weighted by atomic mass is 32.1. The highest BCUT2D eigenvalue weighted by Crippen LogP contribution is 2.31. The van der Waals surface area contributed by atoms with Crippen LogP contribution in [0.1, 0.15) is 11.4 Å². The molecule has 26 heavy (non-hydrogen) atoms. The number of amides is 2. The van der Waals surface area contributed by atoms with E-state index in [-0.39, 0.29) is 24.0 Å². The highest BCUT2D eigenvalue weighted by Gasteiger charge is 2.35. The summed E-state index contributed by atoms with van der Waals surface area (Å²) >= 11 is 1.61. The van der Waals surface area contributed by atoms with E-state index in [2.05, 4.69) is 10.3 Å². The number of carbonyl (C=O) groups excluding carboxylic acids is 2. The average molecular weight is 367 g/mol. The van der Waals surface area contributed by atoms with Gasteiger partial charge in [0, 0.05) is 18.7 Å². The Balaban J connectivity index is 1.52. The smallest absolute Gasteiger partial charge is 0.229 e. The lowest BCUT2D eigenvalue weighted by Crippen LogP contribution is -2.28. The van der Waals surface area contributed by atoms with Crippen LogP contribution < -0.4 is 10.2 Å². The minimum absolute atomic E-state index is 0.00591. The number of fused-ring (bicyclic) bond motifs is 1. The van der Waals surface area contributed by atoms with Crippen LogP contribution in [0.5, 0.6) is 5.75 Å². The summed E-state index contributed by atoms with van der Waals surface area (Å²) in [6, 6.07) is 12.3. The maximum atomic E-state index is 12.5. The molecule has 1 fully saturated rings. The van der Waals surface area contributed by atoms with Gasteiger partial charge in [-0.2, -0.15) is 0 Å². The number of hydrogen-bond donors (Lipinski definition) is 2. The van der Waals surface area contributed by atoms with E-state index in [9.17, 15) is 14.7 Å². The summed E-state index contributed by atoms with van der Waals surface area (Å²) in [6.45, 7) is 2.26. The van der Waals surface area contributed by atoms with Crippen molar-refractivity contribution < 1.29 is 14.7 Å². The molecule has 0 spiro atoms. The normalized spacial score (nSPS) is 17.0. The number of aromatic hydroxyl groups is 1. The van der Waals surface area contributed by atoms with Gasteiger partial charge in [0.05, 0.1) is 26.8 Å². The van der Waals surface area contributed by atoms with E-state index in [0.717, 1.165) is 20.9 Å². The van der Waals surface area contributed by atoms with E-state index in [1.807, 2.05) is 25.1 Å². The van der Waals surface area contributed by atoms with Gasteiger partial charge in [0.15, 0.2) is 0 Å². The van der Waals surface area contributed by atoms with E-state index < -0.39 is 5.92 Å². The summed E-state index contributed by atoms with van der Waals surface area (Å²) in [6.07, 6.45) is 0.146. The number of nitrogens with one attached hydrogen (secondary N) is 1. The Morgan fingerprint density at radius 1 is 1.31 bits per heavy atom. The van der Waals surface area contributed by atoms with Gasteiger partial charge in [0.1, 0.15) is 5.75 Å². The molecule has 1 unspecified atom stereocenters. The molecule has 0 bridgehead atoms. The van der Waals surface area contributed by atoms with E-state index in [0.29, 0.717) is 12.2 Å². The van der Waals surface area contributed by atoms with Crippen LogP contribution in [0.15, 0.2) is 42.5 Å². The van der Waals surface area contributed by atoms with Crippen molar-refractivity contribution in [2.75, 3.05) is 16.8 Å². The van der Waals surface area contributed by atoms with Crippen LogP contribution in [-0.2, 0) is 9.59 Å². The minimum atomic E-state index is -0.463. The molecule has 4 rings (SSSR count). The second-order valence-corrected chi connectivity index (χ2v) is 7.53. The number of anilines is 2. The Morgan fingerprint density at radius 2 is 2.12 bits per heavy atom. The molecular formula is C19H17N3O3S. The topological polar surface area (TPSA) is 82.5 Å². The Bertz CT molecular complexity index is 1010. The Labute approximate surface area is 154 Å². The standard InChI is InChI=1S/C19H17N3O3S/c1-11-20-15-9-13(6-7-17(15)26-11)22-10-12(8-18(22)24)19(25)21-14-4-2-3-5-16(14)23/h2-7,9,12,23H,8,10H2,1H3,(H,21,25). The number of phenols is 1. The van der Waals surface area contributed by atoms with Crippen LogP contribution in [0, 0.1) is 12.8 Å². The second-order valence-electron chi connectivity index (χ2n) is 6.30. The maximum absolute atomic E-state index is 12.5. The fraction of sp³-hybridized carbons (Fsp3) is 0.211. The number of aryl methyl sites for hydroxylation is 1. The van der Waals surface area contributed by atoms with Gasteiger partial charge in [-0.3, -0.25) is 9.59 Å². The lowest BCUT2D eigenvalue weighted by molar-refractivity contribution is -0.122. The molecule has 1 aromatic heterocycles. The lowest BCUT2D eigenvalue weighted by Gasteiger charge is -2.17. The van der Waals surface area contributed by atoms with Gasteiger partial charge in [-0.15, -0.1) is 11.3 Å². The maximum Gasteiger partial charge on any atom is 0.229 e. The Hall–Kier alpha value is -2.93. The summed E-state index contributed by atoms with van der Waals surface area (Å²) in [5.41, 5.74) is 1.97. The number of nitrogens with zero attached hydrogens (tertiary/aromatic N) is 2. The third-order valence-corrected chi connectivity index (χ3v) is 5.40. The molecule has 2 N–H and O–H groups in total. The fourth-order valence-corrected chi connectivity index (χ4v) is 3.95. The molecular weight excluding hydrogens is 350 g/mol. The number of aromatic nitrogens is 1. The van der Waals surface area contributed by atoms with Crippen molar-refractivity contribution in [1.29, 1.82) is 0 Å². The second kappa shape index (κ2) is 6.42. The first-order valence-corrected chi connectivity index (χ1v) is 9.09. The Morgan fingerprint density at radius 3 is 2.92 bits per heavy atom. The zero-order valence-electron chi connectivity index (χ0n) is 14.1. The molecule has 7 heteroatoms. The van der Waals surface area contributed by atoms with Crippen LogP contribution >= 0.6 is 11.3 Å². The number of benzene rings is 2. The molecule has 0 aliphatic carbocycles. The van der Waals surface area contributed by atoms with Crippen LogP contribution in [0.4, 0.5) is 11.4 Å². The molecule has 1 saturated heterocycles. The van der Waals surface area contributed by atoms with E-state index in [1.54, 1.807) is 34.4 Å². The number of thiazole rings is 1. The first-order valence-electron chi connectivity index (χ1n) is 8.27. The number of phenolic OH excluding ortho intramolecular Hbond substituents is 1. The largest absolute Gasteiger partial charge is 0.506 e. The van der Waals surface area contributed by atoms with Crippen molar-refractivity contribution in [1.82, 2.24) is 4.98 Å². The molecule has 0 saturated carbocycles. The summed E-state index contributed by atoms with van der Waals surface area (Å²) in [4.78, 5) is 31.0. The first-order chi connectivity index (χ1) is 12.5. The fourth-order valence-electron chi connectivity index (χ4n) is 3.15. The van der Waals surface area contributed by atoms with Gasteiger partial charge in [0.2, 0.25) is 11.8 Å².